The Morgan fingerprint density at radius 2 is 0.828 bits per heavy atom. The molecular formula is C70H96N14O11S4. The molecule has 0 bridgehead atoms. The fraction of sp³-hybridized carbons (Fsp3) is 0.529. The number of hydrogen-bond acceptors (Lipinski definition) is 19. The molecule has 3 aromatic carbocycles. The molecule has 4 aromatic heterocycles. The molecule has 6 aliphatic carbocycles. The van der Waals surface area contributed by atoms with E-state index in [1.165, 1.54) is 105 Å². The minimum absolute atomic E-state index is 0.00582. The zero-order valence-electron chi connectivity index (χ0n) is 59.1. The first kappa shape index (κ1) is 76.0. The second-order valence-electron chi connectivity index (χ2n) is 27.6. The van der Waals surface area contributed by atoms with Crippen molar-refractivity contribution in [3.05, 3.63) is 144 Å². The van der Waals surface area contributed by atoms with Gasteiger partial charge < -0.3 is 33.0 Å². The Labute approximate surface area is 583 Å². The quantitative estimate of drug-likeness (QED) is 0.0705. The maximum atomic E-state index is 13.0. The van der Waals surface area contributed by atoms with Crippen LogP contribution in [0.3, 0.4) is 0 Å². The van der Waals surface area contributed by atoms with Crippen molar-refractivity contribution in [1.29, 1.82) is 0 Å². The summed E-state index contributed by atoms with van der Waals surface area (Å²) in [4.78, 5) is 61.9. The fourth-order valence-electron chi connectivity index (χ4n) is 14.6. The van der Waals surface area contributed by atoms with Gasteiger partial charge in [-0.15, -0.1) is 0 Å². The van der Waals surface area contributed by atoms with Gasteiger partial charge in [0.15, 0.2) is 31.7 Å². The highest BCUT2D eigenvalue weighted by atomic mass is 32.2. The average molecular weight is 1440 g/mol. The Morgan fingerprint density at radius 3 is 1.19 bits per heavy atom. The SMILES string of the molecule is CCc1nc(S(N)(=O)=O)cn1C.CN(C)Cc1c(S(=O)(=O)CC(=O)Cc2c3c(cc4c2CCC4)CCC3)ncn1C.CN(C)Cc1c(S(N)(=O)=O)ncn1C.CN(C)Cc1nc(S(=O)(=O)CC(=O)Cc2c3c(cc4c2CCC4)CCC3)cn1C.O=C=Nc1c2c(cc3c1CCC3)CCC2. The second-order valence-corrected chi connectivity index (χ2v) is 34.4. The van der Waals surface area contributed by atoms with E-state index in [1.807, 2.05) is 63.9 Å². The smallest absolute Gasteiger partial charge is 0.257 e. The van der Waals surface area contributed by atoms with Gasteiger partial charge in [-0.1, -0.05) is 25.1 Å². The van der Waals surface area contributed by atoms with Crippen LogP contribution in [0.2, 0.25) is 0 Å². The van der Waals surface area contributed by atoms with E-state index >= 15 is 0 Å². The van der Waals surface area contributed by atoms with Gasteiger partial charge in [-0.2, -0.15) is 4.99 Å². The molecule has 0 unspecified atom stereocenters. The highest BCUT2D eigenvalue weighted by Gasteiger charge is 2.32. The Morgan fingerprint density at radius 1 is 0.475 bits per heavy atom. The maximum absolute atomic E-state index is 13.0. The summed E-state index contributed by atoms with van der Waals surface area (Å²) in [5, 5.41) is 9.83. The van der Waals surface area contributed by atoms with Crippen LogP contribution in [0.4, 0.5) is 5.69 Å². The van der Waals surface area contributed by atoms with Gasteiger partial charge in [-0.25, -0.2) is 68.7 Å². The number of carbonyl (C=O) groups excluding carboxylic acids is 3. The van der Waals surface area contributed by atoms with Crippen molar-refractivity contribution in [2.24, 2.45) is 43.5 Å². The van der Waals surface area contributed by atoms with E-state index in [0.717, 1.165) is 120 Å². The standard InChI is InChI=1S/2C22H29N3O3S.C13H13NO.C7H14N4O2S.C6H11N3O2S/c1-24(2)12-21-23-22(13-25(21)3)29(27,28)14-17(26)11-20-18-8-4-6-15(18)10-16-7-5-9-19(16)20;1-24(2)12-21-22(23-14-25(21)3)29(27,28)13-17(26)11-20-18-8-4-6-15(18)10-16-7-5-9-19(16)20;15-8-14-13-11-5-1-3-9(11)7-10-4-2-6-12(10)13;1-10(2)4-6-7(14(8,12)13)9-5-11(6)3;1-3-5-8-6(4-9(5)2)12(7,10)11/h10,13H,4-9,11-12,14H2,1-3H3;10,14H,4-9,11-13H2,1-3H3;7H,1-6H2;5H,4H2,1-3H3,(H2,8,12,13);4H,3H2,1-2H3,(H2,7,10,11). The number of nitrogens with zero attached hydrogens (tertiary/aromatic N) is 12. The number of rotatable bonds is 20. The van der Waals surface area contributed by atoms with Crippen LogP contribution in [0, 0.1) is 0 Å². The predicted molar refractivity (Wildman–Crippen MR) is 378 cm³/mol. The molecule has 4 N–H and O–H groups in total. The maximum Gasteiger partial charge on any atom is 0.257 e. The summed E-state index contributed by atoms with van der Waals surface area (Å²) in [6.07, 6.45) is 28.4. The molecule has 0 fully saturated rings. The number of sulfone groups is 2. The third-order valence-electron chi connectivity index (χ3n) is 19.1. The van der Waals surface area contributed by atoms with Crippen molar-refractivity contribution in [3.63, 3.8) is 0 Å². The van der Waals surface area contributed by atoms with E-state index in [1.54, 1.807) is 52.5 Å². The average Bonchev–Trinajstić information content (AvgIpc) is 1.67. The molecule has 4 heterocycles. The molecule has 536 valence electrons. The summed E-state index contributed by atoms with van der Waals surface area (Å²) in [6.45, 7) is 3.39. The molecule has 0 saturated carbocycles. The largest absolute Gasteiger partial charge is 0.337 e. The number of ketones is 2. The van der Waals surface area contributed by atoms with E-state index in [9.17, 15) is 48.1 Å². The molecule has 0 atom stereocenters. The zero-order valence-corrected chi connectivity index (χ0v) is 62.3. The van der Waals surface area contributed by atoms with Crippen molar-refractivity contribution < 1.29 is 48.1 Å². The van der Waals surface area contributed by atoms with Crippen LogP contribution in [0.5, 0.6) is 0 Å². The Kier molecular flexibility index (Phi) is 24.4. The molecule has 0 spiro atoms. The van der Waals surface area contributed by atoms with Crippen LogP contribution in [-0.4, -0.2) is 158 Å². The number of Topliss-reactive ketones (excluding diaryl/α,β-unsaturated/α-hetero) is 2. The molecule has 0 radical (unpaired) electrons. The number of fused-ring (bicyclic) bond motifs is 6. The minimum Gasteiger partial charge on any atom is -0.337 e. The molecule has 99 heavy (non-hydrogen) atoms. The monoisotopic (exact) mass is 1440 g/mol. The lowest BCUT2D eigenvalue weighted by atomic mass is 9.91. The van der Waals surface area contributed by atoms with Gasteiger partial charge in [0.2, 0.25) is 25.8 Å². The molecular weight excluding hydrogens is 1340 g/mol. The molecule has 7 aromatic rings. The number of hydrogen-bond donors (Lipinski definition) is 2. The minimum atomic E-state index is -3.77. The highest BCUT2D eigenvalue weighted by Crippen LogP contribution is 2.41. The summed E-state index contributed by atoms with van der Waals surface area (Å²) < 4.78 is 102. The number of aryl methyl sites for hydroxylation is 11. The number of benzene rings is 3. The van der Waals surface area contributed by atoms with Gasteiger partial charge in [0.1, 0.15) is 23.2 Å². The summed E-state index contributed by atoms with van der Waals surface area (Å²) in [5.74, 6) is -0.0639. The number of sulfonamides is 2. The number of isocyanates is 1. The third kappa shape index (κ3) is 18.3. The molecule has 29 heteroatoms. The third-order valence-corrected chi connectivity index (χ3v) is 23.9. The molecule has 0 aliphatic heterocycles. The zero-order chi connectivity index (χ0) is 72.1. The topological polar surface area (TPSA) is 333 Å². The van der Waals surface area contributed by atoms with Crippen molar-refractivity contribution >= 4 is 63.1 Å². The van der Waals surface area contributed by atoms with Gasteiger partial charge in [-0.3, -0.25) is 9.59 Å². The van der Waals surface area contributed by atoms with Gasteiger partial charge in [0.25, 0.3) is 20.0 Å². The molecule has 25 nitrogen and oxygen atoms in total. The van der Waals surface area contributed by atoms with Crippen molar-refractivity contribution in [2.75, 3.05) is 53.8 Å². The fourth-order valence-corrected chi connectivity index (χ4v) is 18.6. The van der Waals surface area contributed by atoms with Crippen LogP contribution in [0.1, 0.15) is 146 Å². The van der Waals surface area contributed by atoms with Gasteiger partial charge in [0.05, 0.1) is 36.3 Å². The van der Waals surface area contributed by atoms with Crippen molar-refractivity contribution in [1.82, 2.24) is 52.9 Å². The first-order valence-electron chi connectivity index (χ1n) is 33.8. The molecule has 0 saturated heterocycles. The van der Waals surface area contributed by atoms with Crippen LogP contribution in [0.25, 0.3) is 0 Å². The van der Waals surface area contributed by atoms with E-state index < -0.39 is 51.2 Å². The highest BCUT2D eigenvalue weighted by molar-refractivity contribution is 7.92. The number of nitrogens with two attached hydrogens (primary N) is 2. The lowest BCUT2D eigenvalue weighted by Gasteiger charge is -2.15. The van der Waals surface area contributed by atoms with Crippen LogP contribution < -0.4 is 10.3 Å². The summed E-state index contributed by atoms with van der Waals surface area (Å²) in [6, 6.07) is 7.00. The van der Waals surface area contributed by atoms with Crippen LogP contribution >= 0.6 is 0 Å². The van der Waals surface area contributed by atoms with E-state index in [-0.39, 0.29) is 44.5 Å². The predicted octanol–water partition coefficient (Wildman–Crippen LogP) is 5.48. The van der Waals surface area contributed by atoms with Crippen molar-refractivity contribution in [2.45, 2.75) is 181 Å². The summed E-state index contributed by atoms with van der Waals surface area (Å²) >= 11 is 0. The number of aromatic nitrogens is 8. The van der Waals surface area contributed by atoms with E-state index in [0.29, 0.717) is 49.1 Å². The number of aliphatic imine (C=N–C) groups is 1. The van der Waals surface area contributed by atoms with Gasteiger partial charge >= 0.3 is 0 Å². The molecule has 0 amide bonds. The number of primary sulfonamides is 2. The normalized spacial score (nSPS) is 15.0. The lowest BCUT2D eigenvalue weighted by molar-refractivity contribution is -0.116. The van der Waals surface area contributed by atoms with Crippen molar-refractivity contribution in [3.8, 4) is 0 Å². The Bertz CT molecular complexity index is 4630. The summed E-state index contributed by atoms with van der Waals surface area (Å²) in [7, 11) is 3.42. The Balaban J connectivity index is 0.000000152. The second kappa shape index (κ2) is 31.8. The Hall–Kier alpha value is -7.18. The molecule has 6 aliphatic rings. The van der Waals surface area contributed by atoms with E-state index in [2.05, 4.69) is 43.1 Å². The lowest BCUT2D eigenvalue weighted by Crippen LogP contribution is -2.22. The number of carbonyl (C=O) groups is 2. The van der Waals surface area contributed by atoms with Crippen LogP contribution in [0.15, 0.2) is 68.3 Å². The number of imidazole rings is 4. The summed E-state index contributed by atoms with van der Waals surface area (Å²) in [5.41, 5.74) is 20.6. The van der Waals surface area contributed by atoms with Crippen LogP contribution in [-0.2, 0) is 198 Å². The first-order valence-corrected chi connectivity index (χ1v) is 40.2. The first-order chi connectivity index (χ1) is 46.7. The van der Waals surface area contributed by atoms with E-state index in [4.69, 9.17) is 10.3 Å². The van der Waals surface area contributed by atoms with Gasteiger partial charge in [-0.05, 0) is 236 Å². The molecule has 13 rings (SSSR count). The van der Waals surface area contributed by atoms with Gasteiger partial charge in [0, 0.05) is 72.9 Å².